The molecule has 0 spiro atoms. The number of nitrogens with zero attached hydrogens (tertiary/aromatic N) is 5. The molecular weight excluding hydrogens is 528 g/mol. The van der Waals surface area contributed by atoms with Crippen molar-refractivity contribution in [2.75, 3.05) is 24.8 Å². The van der Waals surface area contributed by atoms with Gasteiger partial charge >= 0.3 is 0 Å². The molecule has 10 nitrogen and oxygen atoms in total. The number of aliphatic hydroxyl groups is 1. The minimum atomic E-state index is -0.715. The summed E-state index contributed by atoms with van der Waals surface area (Å²) in [5.41, 5.74) is 2.46. The summed E-state index contributed by atoms with van der Waals surface area (Å²) in [4.78, 5) is 9.71. The second kappa shape index (κ2) is 10.1. The lowest BCUT2D eigenvalue weighted by molar-refractivity contribution is -0.162. The number of methoxy groups -OCH3 is 1. The molecule has 12 heteroatoms. The Labute approximate surface area is 230 Å². The largest absolute Gasteiger partial charge is 0.495 e. The van der Waals surface area contributed by atoms with Gasteiger partial charge in [-0.1, -0.05) is 41.6 Å². The number of anilines is 1. The van der Waals surface area contributed by atoms with Crippen molar-refractivity contribution in [2.24, 2.45) is 5.92 Å². The van der Waals surface area contributed by atoms with Crippen molar-refractivity contribution < 1.29 is 19.3 Å². The Kier molecular flexibility index (Phi) is 6.92. The van der Waals surface area contributed by atoms with E-state index in [1.54, 1.807) is 18.9 Å². The van der Waals surface area contributed by atoms with Crippen LogP contribution >= 0.6 is 23.4 Å². The van der Waals surface area contributed by atoms with E-state index in [0.29, 0.717) is 45.2 Å². The lowest BCUT2D eigenvalue weighted by Gasteiger charge is -2.23. The van der Waals surface area contributed by atoms with Gasteiger partial charge in [-0.25, -0.2) is 14.6 Å². The van der Waals surface area contributed by atoms with Crippen LogP contribution in [-0.2, 0) is 9.47 Å². The first-order valence-electron chi connectivity index (χ1n) is 13.1. The van der Waals surface area contributed by atoms with Gasteiger partial charge in [0.1, 0.15) is 11.9 Å². The normalized spacial score (nSPS) is 29.5. The maximum atomic E-state index is 10.0. The smallest absolute Gasteiger partial charge is 0.191 e. The fourth-order valence-corrected chi connectivity index (χ4v) is 6.64. The molecule has 3 heterocycles. The van der Waals surface area contributed by atoms with Crippen molar-refractivity contribution in [1.29, 1.82) is 0 Å². The molecule has 2 aromatic heterocycles. The number of hydrogen-bond donors (Lipinski definition) is 2. The highest BCUT2D eigenvalue weighted by Gasteiger charge is 2.55. The van der Waals surface area contributed by atoms with Gasteiger partial charge in [-0.3, -0.25) is 0 Å². The Morgan fingerprint density at radius 3 is 2.79 bits per heavy atom. The van der Waals surface area contributed by atoms with E-state index >= 15 is 0 Å². The highest BCUT2D eigenvalue weighted by Crippen LogP contribution is 2.48. The molecule has 2 N–H and O–H groups in total. The van der Waals surface area contributed by atoms with Crippen LogP contribution in [0.15, 0.2) is 23.4 Å². The maximum absolute atomic E-state index is 10.0. The third-order valence-electron chi connectivity index (χ3n) is 7.56. The van der Waals surface area contributed by atoms with Crippen LogP contribution in [0, 0.1) is 5.92 Å². The number of aromatic nitrogens is 5. The molecule has 6 unspecified atom stereocenters. The molecule has 2 aliphatic carbocycles. The zero-order valence-corrected chi connectivity index (χ0v) is 23.5. The first kappa shape index (κ1) is 26.1. The zero-order valence-electron chi connectivity index (χ0n) is 21.9. The molecule has 38 heavy (non-hydrogen) atoms. The summed E-state index contributed by atoms with van der Waals surface area (Å²) >= 11 is 7.99. The second-order valence-corrected chi connectivity index (χ2v) is 12.2. The lowest BCUT2D eigenvalue weighted by atomic mass is 10.1. The van der Waals surface area contributed by atoms with Crippen LogP contribution in [0.25, 0.3) is 11.2 Å². The zero-order chi connectivity index (χ0) is 26.6. The number of ether oxygens (including phenoxy) is 3. The molecule has 0 radical (unpaired) electrons. The number of thioether (sulfide) groups is 1. The molecule has 1 aliphatic heterocycles. The van der Waals surface area contributed by atoms with Gasteiger partial charge < -0.3 is 24.6 Å². The van der Waals surface area contributed by atoms with Gasteiger partial charge in [-0.15, -0.1) is 5.10 Å². The molecule has 0 amide bonds. The number of fused-ring (bicyclic) bond motifs is 2. The van der Waals surface area contributed by atoms with Gasteiger partial charge in [0.2, 0.25) is 0 Å². The maximum Gasteiger partial charge on any atom is 0.191 e. The van der Waals surface area contributed by atoms with E-state index in [-0.39, 0.29) is 36.8 Å². The standard InChI is InChI=1S/C26H33ClN6O4S/c1-5-8-38-25-29-23(28-17-11-15(17)13-6-7-19(35-4)16(27)9-13)20-24(30-25)33(32-31-20)18-10-14(12-34)21-22(18)37-26(2,3)36-21/h6-7,9,14-15,17-18,21-22,34H,5,8,10-12H2,1-4H3,(H,28,29,30). The number of hydrogen-bond acceptors (Lipinski definition) is 10. The monoisotopic (exact) mass is 560 g/mol. The summed E-state index contributed by atoms with van der Waals surface area (Å²) in [5, 5.41) is 24.0. The Hall–Kier alpha value is -2.18. The minimum Gasteiger partial charge on any atom is -0.495 e. The summed E-state index contributed by atoms with van der Waals surface area (Å²) in [6.07, 6.45) is 2.21. The van der Waals surface area contributed by atoms with Crippen molar-refractivity contribution in [3.05, 3.63) is 28.8 Å². The minimum absolute atomic E-state index is 0.0293. The molecule has 1 saturated heterocycles. The van der Waals surface area contributed by atoms with Crippen LogP contribution in [-0.4, -0.2) is 73.6 Å². The van der Waals surface area contributed by atoms with Crippen LogP contribution in [0.5, 0.6) is 5.75 Å². The van der Waals surface area contributed by atoms with Gasteiger partial charge in [-0.05, 0) is 50.8 Å². The number of aliphatic hydroxyl groups excluding tert-OH is 1. The van der Waals surface area contributed by atoms with Crippen LogP contribution in [0.1, 0.15) is 57.6 Å². The molecule has 6 rings (SSSR count). The predicted octanol–water partition coefficient (Wildman–Crippen LogP) is 4.43. The van der Waals surface area contributed by atoms with E-state index in [2.05, 4.69) is 28.6 Å². The second-order valence-electron chi connectivity index (χ2n) is 10.7. The number of rotatable bonds is 9. The van der Waals surface area contributed by atoms with Crippen LogP contribution < -0.4 is 10.1 Å². The molecule has 0 bridgehead atoms. The molecule has 204 valence electrons. The van der Waals surface area contributed by atoms with Crippen molar-refractivity contribution in [1.82, 2.24) is 25.0 Å². The number of nitrogens with one attached hydrogen (secondary N) is 1. The van der Waals surface area contributed by atoms with E-state index in [1.165, 1.54) is 0 Å². The summed E-state index contributed by atoms with van der Waals surface area (Å²) in [6, 6.07) is 6.00. The van der Waals surface area contributed by atoms with Gasteiger partial charge in [0.25, 0.3) is 0 Å². The number of halogens is 1. The van der Waals surface area contributed by atoms with E-state index in [0.717, 1.165) is 24.2 Å². The van der Waals surface area contributed by atoms with E-state index in [4.69, 9.17) is 35.8 Å². The van der Waals surface area contributed by atoms with Crippen molar-refractivity contribution >= 4 is 40.3 Å². The van der Waals surface area contributed by atoms with E-state index in [9.17, 15) is 5.11 Å². The highest BCUT2D eigenvalue weighted by atomic mass is 35.5. The quantitative estimate of drug-likeness (QED) is 0.287. The fourth-order valence-electron chi connectivity index (χ4n) is 5.68. The van der Waals surface area contributed by atoms with Gasteiger partial charge in [0, 0.05) is 30.2 Å². The lowest BCUT2D eigenvalue weighted by Crippen LogP contribution is -2.28. The summed E-state index contributed by atoms with van der Waals surface area (Å²) < 4.78 is 19.6. The molecule has 2 saturated carbocycles. The summed E-state index contributed by atoms with van der Waals surface area (Å²) in [7, 11) is 1.62. The van der Waals surface area contributed by atoms with E-state index < -0.39 is 5.79 Å². The van der Waals surface area contributed by atoms with E-state index in [1.807, 2.05) is 30.7 Å². The van der Waals surface area contributed by atoms with Gasteiger partial charge in [0.05, 0.1) is 24.3 Å². The third kappa shape index (κ3) is 4.72. The fraction of sp³-hybridized carbons (Fsp3) is 0.615. The van der Waals surface area contributed by atoms with Gasteiger partial charge in [0.15, 0.2) is 27.9 Å². The van der Waals surface area contributed by atoms with Crippen molar-refractivity contribution in [3.63, 3.8) is 0 Å². The predicted molar refractivity (Wildman–Crippen MR) is 145 cm³/mol. The average molecular weight is 561 g/mol. The molecule has 3 aromatic rings. The SMILES string of the molecule is CCCSc1nc(NC2CC2c2ccc(OC)c(Cl)c2)c2nnn(C3CC(CO)C4OC(C)(C)OC43)c2n1. The molecule has 3 aliphatic rings. The first-order chi connectivity index (χ1) is 18.3. The number of benzene rings is 1. The topological polar surface area (TPSA) is 116 Å². The molecule has 1 aromatic carbocycles. The Morgan fingerprint density at radius 2 is 2.05 bits per heavy atom. The van der Waals surface area contributed by atoms with Crippen LogP contribution in [0.3, 0.4) is 0 Å². The Balaban J connectivity index is 1.31. The molecule has 6 atom stereocenters. The first-order valence-corrected chi connectivity index (χ1v) is 14.5. The van der Waals surface area contributed by atoms with Crippen molar-refractivity contribution in [3.8, 4) is 5.75 Å². The van der Waals surface area contributed by atoms with Crippen molar-refractivity contribution in [2.45, 2.75) is 81.2 Å². The summed E-state index contributed by atoms with van der Waals surface area (Å²) in [5.74, 6) is 1.83. The summed E-state index contributed by atoms with van der Waals surface area (Å²) in [6.45, 7) is 5.98. The molecular formula is C26H33ClN6O4S. The Bertz CT molecular complexity index is 1340. The van der Waals surface area contributed by atoms with Crippen LogP contribution in [0.2, 0.25) is 5.02 Å². The third-order valence-corrected chi connectivity index (χ3v) is 8.90. The Morgan fingerprint density at radius 1 is 1.24 bits per heavy atom. The average Bonchev–Trinajstić information content (AvgIpc) is 3.22. The van der Waals surface area contributed by atoms with Gasteiger partial charge in [-0.2, -0.15) is 0 Å². The van der Waals surface area contributed by atoms with Crippen LogP contribution in [0.4, 0.5) is 5.82 Å². The highest BCUT2D eigenvalue weighted by molar-refractivity contribution is 7.99. The molecule has 3 fully saturated rings.